The third kappa shape index (κ3) is 4.58. The topological polar surface area (TPSA) is 9.23 Å². The summed E-state index contributed by atoms with van der Waals surface area (Å²) in [6.07, 6.45) is 1.04. The second-order valence-corrected chi connectivity index (χ2v) is 9.61. The van der Waals surface area contributed by atoms with E-state index in [0.29, 0.717) is 0 Å². The molecule has 0 radical (unpaired) electrons. The molecule has 0 amide bonds. The van der Waals surface area contributed by atoms with Gasteiger partial charge >= 0.3 is 0 Å². The monoisotopic (exact) mass is 448 g/mol. The number of hydrogen-bond donors (Lipinski definition) is 0. The minimum absolute atomic E-state index is 0. The van der Waals surface area contributed by atoms with Crippen LogP contribution in [0.1, 0.15) is 0 Å². The first kappa shape index (κ1) is 19.0. The Morgan fingerprint density at radius 3 is 1.54 bits per heavy atom. The molecule has 3 aromatic carbocycles. The van der Waals surface area contributed by atoms with Gasteiger partial charge in [-0.05, 0) is 36.4 Å². The predicted molar refractivity (Wildman–Crippen MR) is 102 cm³/mol. The highest BCUT2D eigenvalue weighted by Gasteiger charge is 2.37. The van der Waals surface area contributed by atoms with Crippen molar-refractivity contribution < 1.29 is 28.7 Å². The standard InChI is InChI=1S/C21H22OP.HI/c1-23(20-13-7-3-8-14-20,21-15-9-4-10-16-21)18-17-22-19-11-5-2-6-12-19;/h2-16H,17-18H2,1H3;1H/q+1;/p-1. The molecule has 0 aliphatic rings. The van der Waals surface area contributed by atoms with Crippen molar-refractivity contribution in [2.45, 2.75) is 0 Å². The van der Waals surface area contributed by atoms with Gasteiger partial charge in [-0.15, -0.1) is 0 Å². The van der Waals surface area contributed by atoms with Crippen molar-refractivity contribution in [3.05, 3.63) is 91.0 Å². The molecule has 0 fully saturated rings. The predicted octanol–water partition coefficient (Wildman–Crippen LogP) is 1.37. The van der Waals surface area contributed by atoms with E-state index >= 15 is 0 Å². The van der Waals surface area contributed by atoms with Crippen molar-refractivity contribution in [3.63, 3.8) is 0 Å². The van der Waals surface area contributed by atoms with Crippen molar-refractivity contribution in [1.82, 2.24) is 0 Å². The van der Waals surface area contributed by atoms with E-state index in [2.05, 4.69) is 67.3 Å². The summed E-state index contributed by atoms with van der Waals surface area (Å²) in [6, 6.07) is 31.8. The van der Waals surface area contributed by atoms with Gasteiger partial charge in [0.05, 0.1) is 24.5 Å². The lowest BCUT2D eigenvalue weighted by Crippen LogP contribution is -3.00. The van der Waals surface area contributed by atoms with E-state index in [1.54, 1.807) is 0 Å². The van der Waals surface area contributed by atoms with Crippen molar-refractivity contribution in [2.24, 2.45) is 0 Å². The number of benzene rings is 3. The van der Waals surface area contributed by atoms with Gasteiger partial charge < -0.3 is 28.7 Å². The lowest BCUT2D eigenvalue weighted by atomic mass is 10.3. The Labute approximate surface area is 162 Å². The van der Waals surface area contributed by atoms with Crippen LogP contribution in [0.4, 0.5) is 0 Å². The van der Waals surface area contributed by atoms with Crippen molar-refractivity contribution in [1.29, 1.82) is 0 Å². The van der Waals surface area contributed by atoms with E-state index in [0.717, 1.165) is 18.5 Å². The molecule has 3 heteroatoms. The summed E-state index contributed by atoms with van der Waals surface area (Å²) in [6.45, 7) is 3.14. The smallest absolute Gasteiger partial charge is 0.122 e. The van der Waals surface area contributed by atoms with Gasteiger partial charge in [-0.2, -0.15) is 0 Å². The van der Waals surface area contributed by atoms with Crippen LogP contribution >= 0.6 is 7.26 Å². The first-order chi connectivity index (χ1) is 11.3. The van der Waals surface area contributed by atoms with Gasteiger partial charge in [0.25, 0.3) is 0 Å². The number of halogens is 1. The zero-order chi connectivity index (χ0) is 16.0. The summed E-state index contributed by atoms with van der Waals surface area (Å²) in [7, 11) is -1.44. The van der Waals surface area contributed by atoms with Gasteiger partial charge in [-0.3, -0.25) is 0 Å². The number of rotatable bonds is 6. The molecule has 3 rings (SSSR count). The largest absolute Gasteiger partial charge is 1.00 e. The molecule has 0 unspecified atom stereocenters. The summed E-state index contributed by atoms with van der Waals surface area (Å²) in [5.41, 5.74) is 0. The van der Waals surface area contributed by atoms with Gasteiger partial charge in [0.1, 0.15) is 18.5 Å². The van der Waals surface area contributed by atoms with Crippen molar-refractivity contribution >= 4 is 17.9 Å². The highest BCUT2D eigenvalue weighted by atomic mass is 127. The Kier molecular flexibility index (Phi) is 7.26. The van der Waals surface area contributed by atoms with Crippen LogP contribution in [0.3, 0.4) is 0 Å². The van der Waals surface area contributed by atoms with E-state index in [4.69, 9.17) is 4.74 Å². The van der Waals surface area contributed by atoms with Crippen LogP contribution in [0, 0.1) is 0 Å². The fourth-order valence-electron chi connectivity index (χ4n) is 2.78. The molecule has 24 heavy (non-hydrogen) atoms. The molecule has 0 atom stereocenters. The Balaban J connectivity index is 0.00000208. The number of hydrogen-bond acceptors (Lipinski definition) is 1. The lowest BCUT2D eigenvalue weighted by molar-refractivity contribution is -0.00000510. The summed E-state index contributed by atoms with van der Waals surface area (Å²) in [4.78, 5) is 0. The van der Waals surface area contributed by atoms with Gasteiger partial charge in [0.2, 0.25) is 0 Å². The zero-order valence-corrected chi connectivity index (χ0v) is 16.9. The molecule has 0 saturated heterocycles. The first-order valence-corrected chi connectivity index (χ1v) is 10.4. The average Bonchev–Trinajstić information content (AvgIpc) is 2.64. The number of para-hydroxylation sites is 1. The normalized spacial score (nSPS) is 10.7. The van der Waals surface area contributed by atoms with E-state index in [-0.39, 0.29) is 24.0 Å². The van der Waals surface area contributed by atoms with Crippen LogP contribution in [0.15, 0.2) is 91.0 Å². The summed E-state index contributed by atoms with van der Waals surface area (Å²) in [5.74, 6) is 0.945. The molecular weight excluding hydrogens is 426 g/mol. The molecular formula is C21H22IOP. The highest BCUT2D eigenvalue weighted by molar-refractivity contribution is 7.88. The third-order valence-corrected chi connectivity index (χ3v) is 8.16. The molecule has 0 heterocycles. The lowest BCUT2D eigenvalue weighted by Gasteiger charge is -2.23. The van der Waals surface area contributed by atoms with Gasteiger partial charge in [0, 0.05) is 0 Å². The molecule has 0 aliphatic heterocycles. The van der Waals surface area contributed by atoms with E-state index in [1.807, 2.05) is 30.3 Å². The molecule has 0 saturated carbocycles. The van der Waals surface area contributed by atoms with Crippen LogP contribution in [-0.4, -0.2) is 19.4 Å². The quantitative estimate of drug-likeness (QED) is 0.409. The fourth-order valence-corrected chi connectivity index (χ4v) is 5.72. The molecule has 0 bridgehead atoms. The molecule has 124 valence electrons. The Hall–Kier alpha value is -1.38. The fraction of sp³-hybridized carbons (Fsp3) is 0.143. The minimum Gasteiger partial charge on any atom is -1.00 e. The third-order valence-electron chi connectivity index (χ3n) is 4.20. The maximum atomic E-state index is 5.97. The molecule has 0 spiro atoms. The second-order valence-electron chi connectivity index (χ2n) is 5.75. The molecule has 0 aliphatic carbocycles. The van der Waals surface area contributed by atoms with E-state index in [1.165, 1.54) is 10.6 Å². The average molecular weight is 448 g/mol. The summed E-state index contributed by atoms with van der Waals surface area (Å²) < 4.78 is 5.97. The van der Waals surface area contributed by atoms with Crippen LogP contribution in [-0.2, 0) is 0 Å². The molecule has 1 nitrogen and oxygen atoms in total. The van der Waals surface area contributed by atoms with Crippen molar-refractivity contribution in [3.8, 4) is 5.75 Å². The molecule has 0 N–H and O–H groups in total. The zero-order valence-electron chi connectivity index (χ0n) is 13.8. The summed E-state index contributed by atoms with van der Waals surface area (Å²) in [5, 5.41) is 2.87. The highest BCUT2D eigenvalue weighted by Crippen LogP contribution is 2.52. The Morgan fingerprint density at radius 2 is 1.08 bits per heavy atom. The van der Waals surface area contributed by atoms with Crippen LogP contribution in [0.5, 0.6) is 5.75 Å². The maximum absolute atomic E-state index is 5.97. The summed E-state index contributed by atoms with van der Waals surface area (Å²) >= 11 is 0. The van der Waals surface area contributed by atoms with E-state index < -0.39 is 7.26 Å². The Morgan fingerprint density at radius 1 is 0.667 bits per heavy atom. The van der Waals surface area contributed by atoms with Crippen LogP contribution < -0.4 is 39.3 Å². The van der Waals surface area contributed by atoms with Crippen molar-refractivity contribution in [2.75, 3.05) is 19.4 Å². The number of ether oxygens (including phenoxy) is 1. The SMILES string of the molecule is C[P+](CCOc1ccccc1)(c1ccccc1)c1ccccc1.[I-]. The van der Waals surface area contributed by atoms with Gasteiger partial charge in [0.15, 0.2) is 0 Å². The first-order valence-electron chi connectivity index (χ1n) is 7.94. The van der Waals surface area contributed by atoms with Crippen LogP contribution in [0.2, 0.25) is 0 Å². The second kappa shape index (κ2) is 9.19. The Bertz CT molecular complexity index is 677. The van der Waals surface area contributed by atoms with Gasteiger partial charge in [-0.25, -0.2) is 0 Å². The minimum atomic E-state index is -1.44. The van der Waals surface area contributed by atoms with Gasteiger partial charge in [-0.1, -0.05) is 54.6 Å². The molecule has 3 aromatic rings. The van der Waals surface area contributed by atoms with E-state index in [9.17, 15) is 0 Å². The van der Waals surface area contributed by atoms with Crippen LogP contribution in [0.25, 0.3) is 0 Å². The maximum Gasteiger partial charge on any atom is 0.122 e. The molecule has 0 aromatic heterocycles.